The smallest absolute Gasteiger partial charge is 0.248 e. The predicted octanol–water partition coefficient (Wildman–Crippen LogP) is 3.26. The molecule has 6 nitrogen and oxygen atoms in total. The van der Waals surface area contributed by atoms with Gasteiger partial charge in [0.2, 0.25) is 5.91 Å². The largest absolute Gasteiger partial charge is 0.496 e. The Labute approximate surface area is 168 Å². The van der Waals surface area contributed by atoms with E-state index in [1.165, 1.54) is 11.8 Å². The topological polar surface area (TPSA) is 100 Å². The summed E-state index contributed by atoms with van der Waals surface area (Å²) >= 11 is 1.47. The number of carbonyl (C=O) groups excluding carboxylic acids is 1. The van der Waals surface area contributed by atoms with Crippen LogP contribution in [0.1, 0.15) is 29.7 Å². The molecule has 0 bridgehead atoms. The Balaban J connectivity index is 1.93. The van der Waals surface area contributed by atoms with Gasteiger partial charge in [0, 0.05) is 17.0 Å². The number of para-hydroxylation sites is 1. The molecule has 0 aliphatic carbocycles. The lowest BCUT2D eigenvalue weighted by molar-refractivity contribution is -0.114. The van der Waals surface area contributed by atoms with E-state index < -0.39 is 11.9 Å². The van der Waals surface area contributed by atoms with Crippen molar-refractivity contribution >= 4 is 22.8 Å². The van der Waals surface area contributed by atoms with Crippen LogP contribution >= 0.6 is 11.8 Å². The number of thioether (sulfide) groups is 1. The van der Waals surface area contributed by atoms with Gasteiger partial charge in [0.15, 0.2) is 5.17 Å². The number of primary amides is 1. The Hall–Kier alpha value is -3.24. The number of hydrogen-bond donors (Lipinski definition) is 2. The Morgan fingerprint density at radius 2 is 2.00 bits per heavy atom. The Kier molecular flexibility index (Phi) is 6.02. The number of hydrogen-bond acceptors (Lipinski definition) is 6. The monoisotopic (exact) mass is 392 g/mol. The van der Waals surface area contributed by atoms with Crippen molar-refractivity contribution in [2.24, 2.45) is 10.7 Å². The maximum Gasteiger partial charge on any atom is 0.248 e. The number of rotatable bonds is 5. The average molecular weight is 392 g/mol. The van der Waals surface area contributed by atoms with Crippen LogP contribution in [-0.4, -0.2) is 18.2 Å². The van der Waals surface area contributed by atoms with E-state index in [-0.39, 0.29) is 0 Å². The van der Waals surface area contributed by atoms with Crippen molar-refractivity contribution in [1.82, 2.24) is 5.32 Å². The lowest BCUT2D eigenvalue weighted by atomic mass is 9.95. The third-order valence-electron chi connectivity index (χ3n) is 4.42. The molecule has 0 saturated heterocycles. The molecular formula is C21H20N4O2S. The summed E-state index contributed by atoms with van der Waals surface area (Å²) in [5, 5.41) is 13.1. The van der Waals surface area contributed by atoms with E-state index in [4.69, 9.17) is 15.5 Å². The molecule has 0 spiro atoms. The minimum atomic E-state index is -0.552. The maximum atomic E-state index is 12.1. The quantitative estimate of drug-likeness (QED) is 0.813. The van der Waals surface area contributed by atoms with Crippen LogP contribution in [0.4, 0.5) is 0 Å². The number of nitrogens with two attached hydrogens (primary N) is 1. The van der Waals surface area contributed by atoms with Gasteiger partial charge in [-0.25, -0.2) is 4.99 Å². The van der Waals surface area contributed by atoms with Gasteiger partial charge in [-0.1, -0.05) is 48.2 Å². The Bertz CT molecular complexity index is 1010. The van der Waals surface area contributed by atoms with Gasteiger partial charge in [-0.05, 0) is 24.6 Å². The molecule has 1 unspecified atom stereocenters. The molecule has 28 heavy (non-hydrogen) atoms. The van der Waals surface area contributed by atoms with E-state index in [1.54, 1.807) is 20.1 Å². The summed E-state index contributed by atoms with van der Waals surface area (Å²) in [6.45, 7) is 1.81. The number of benzene rings is 2. The lowest BCUT2D eigenvalue weighted by Gasteiger charge is -2.26. The van der Waals surface area contributed by atoms with Gasteiger partial charge >= 0.3 is 0 Å². The van der Waals surface area contributed by atoms with Gasteiger partial charge in [-0.3, -0.25) is 4.79 Å². The highest BCUT2D eigenvalue weighted by atomic mass is 32.2. The fourth-order valence-corrected chi connectivity index (χ4v) is 4.01. The number of methoxy groups -OCH3 is 1. The van der Waals surface area contributed by atoms with Gasteiger partial charge in [0.1, 0.15) is 11.8 Å². The summed E-state index contributed by atoms with van der Waals surface area (Å²) in [5.41, 5.74) is 9.04. The fourth-order valence-electron chi connectivity index (χ4n) is 3.06. The van der Waals surface area contributed by atoms with E-state index in [9.17, 15) is 10.1 Å². The molecule has 3 N–H and O–H groups in total. The summed E-state index contributed by atoms with van der Waals surface area (Å²) in [6.07, 6.45) is 0. The first kappa shape index (κ1) is 19.5. The van der Waals surface area contributed by atoms with Crippen molar-refractivity contribution in [2.45, 2.75) is 18.7 Å². The lowest BCUT2D eigenvalue weighted by Crippen LogP contribution is -2.32. The number of ether oxygens (including phenoxy) is 1. The van der Waals surface area contributed by atoms with Gasteiger partial charge < -0.3 is 15.8 Å². The molecule has 7 heteroatoms. The summed E-state index contributed by atoms with van der Waals surface area (Å²) in [4.78, 5) is 16.8. The van der Waals surface area contributed by atoms with E-state index in [1.807, 2.05) is 42.5 Å². The van der Waals surface area contributed by atoms with Crippen LogP contribution < -0.4 is 15.8 Å². The van der Waals surface area contributed by atoms with E-state index >= 15 is 0 Å². The first-order valence-electron chi connectivity index (χ1n) is 8.64. The van der Waals surface area contributed by atoms with Crippen molar-refractivity contribution in [3.63, 3.8) is 0 Å². The van der Waals surface area contributed by atoms with Crippen LogP contribution in [0.5, 0.6) is 5.75 Å². The molecule has 3 rings (SSSR count). The normalized spacial score (nSPS) is 16.0. The number of amides is 1. The van der Waals surface area contributed by atoms with Crippen LogP contribution in [0.15, 0.2) is 64.8 Å². The number of nitrogens with one attached hydrogen (secondary N) is 1. The molecular weight excluding hydrogens is 372 g/mol. The highest BCUT2D eigenvalue weighted by Crippen LogP contribution is 2.37. The van der Waals surface area contributed by atoms with E-state index in [2.05, 4.69) is 11.4 Å². The average Bonchev–Trinajstić information content (AvgIpc) is 2.71. The fraction of sp³-hybridized carbons (Fsp3) is 0.190. The molecule has 0 saturated carbocycles. The van der Waals surface area contributed by atoms with Gasteiger partial charge in [-0.2, -0.15) is 5.26 Å². The second-order valence-corrected chi connectivity index (χ2v) is 7.13. The molecule has 1 aliphatic heterocycles. The molecule has 0 fully saturated rings. The van der Waals surface area contributed by atoms with Crippen LogP contribution in [0.3, 0.4) is 0 Å². The molecule has 0 aromatic heterocycles. The third-order valence-corrected chi connectivity index (χ3v) is 5.36. The van der Waals surface area contributed by atoms with Crippen LogP contribution in [0.25, 0.3) is 0 Å². The van der Waals surface area contributed by atoms with Crippen molar-refractivity contribution in [2.75, 3.05) is 7.11 Å². The molecule has 1 aliphatic rings. The Morgan fingerprint density at radius 1 is 1.29 bits per heavy atom. The van der Waals surface area contributed by atoms with Crippen molar-refractivity contribution in [3.05, 3.63) is 76.5 Å². The minimum absolute atomic E-state index is 0.409. The SMILES string of the molecule is COc1ccccc1C1N=C(SCc2ccccc2C#N)NC(C)=C1C(N)=O. The number of nitrogens with zero attached hydrogens (tertiary/aromatic N) is 2. The zero-order chi connectivity index (χ0) is 20.1. The number of amidine groups is 1. The number of allylic oxidation sites excluding steroid dienone is 1. The molecule has 142 valence electrons. The van der Waals surface area contributed by atoms with Gasteiger partial charge in [-0.15, -0.1) is 0 Å². The van der Waals surface area contributed by atoms with Crippen LogP contribution in [-0.2, 0) is 10.5 Å². The Morgan fingerprint density at radius 3 is 2.71 bits per heavy atom. The van der Waals surface area contributed by atoms with E-state index in [0.29, 0.717) is 33.5 Å². The van der Waals surface area contributed by atoms with Crippen molar-refractivity contribution in [1.29, 1.82) is 5.26 Å². The summed E-state index contributed by atoms with van der Waals surface area (Å²) in [6, 6.07) is 16.6. The third kappa shape index (κ3) is 4.02. The first-order chi connectivity index (χ1) is 13.5. The van der Waals surface area contributed by atoms with Crippen molar-refractivity contribution in [3.8, 4) is 11.8 Å². The maximum absolute atomic E-state index is 12.1. The van der Waals surface area contributed by atoms with Crippen LogP contribution in [0, 0.1) is 11.3 Å². The second kappa shape index (κ2) is 8.63. The molecule has 2 aromatic carbocycles. The summed E-state index contributed by atoms with van der Waals surface area (Å²) < 4.78 is 5.45. The molecule has 0 radical (unpaired) electrons. The molecule has 1 heterocycles. The zero-order valence-corrected chi connectivity index (χ0v) is 16.4. The standard InChI is InChI=1S/C21H20N4O2S/c1-13-18(20(23)26)19(16-9-5-6-10-17(16)27-2)25-21(24-13)28-12-15-8-4-3-7-14(15)11-22/h3-10,19H,12H2,1-2H3,(H2,23,26)(H,24,25). The molecule has 1 atom stereocenters. The summed E-state index contributed by atoms with van der Waals surface area (Å²) in [7, 11) is 1.58. The van der Waals surface area contributed by atoms with Crippen molar-refractivity contribution < 1.29 is 9.53 Å². The highest BCUT2D eigenvalue weighted by Gasteiger charge is 2.29. The zero-order valence-electron chi connectivity index (χ0n) is 15.6. The molecule has 1 amide bonds. The van der Waals surface area contributed by atoms with Gasteiger partial charge in [0.05, 0.1) is 24.3 Å². The number of carbonyl (C=O) groups is 1. The second-order valence-electron chi connectivity index (χ2n) is 6.16. The highest BCUT2D eigenvalue weighted by molar-refractivity contribution is 8.13. The van der Waals surface area contributed by atoms with Gasteiger partial charge in [0.25, 0.3) is 0 Å². The van der Waals surface area contributed by atoms with E-state index in [0.717, 1.165) is 11.1 Å². The first-order valence-corrected chi connectivity index (χ1v) is 9.62. The van der Waals surface area contributed by atoms with Crippen LogP contribution in [0.2, 0.25) is 0 Å². The minimum Gasteiger partial charge on any atom is -0.496 e. The number of nitriles is 1. The predicted molar refractivity (Wildman–Crippen MR) is 111 cm³/mol. The molecule has 2 aromatic rings. The number of aliphatic imine (C=N–C) groups is 1. The summed E-state index contributed by atoms with van der Waals surface area (Å²) in [5.74, 6) is 0.695.